The second-order valence-corrected chi connectivity index (χ2v) is 4.16. The number of methoxy groups -OCH3 is 1. The van der Waals surface area contributed by atoms with E-state index < -0.39 is 11.9 Å². The molecule has 1 aromatic carbocycles. The average Bonchev–Trinajstić information content (AvgIpc) is 2.25. The van der Waals surface area contributed by atoms with E-state index in [4.69, 9.17) is 10.5 Å². The van der Waals surface area contributed by atoms with E-state index in [9.17, 15) is 4.79 Å². The largest absolute Gasteiger partial charge is 0.383 e. The van der Waals surface area contributed by atoms with Crippen LogP contribution < -0.4 is 11.1 Å². The van der Waals surface area contributed by atoms with Crippen molar-refractivity contribution in [2.75, 3.05) is 20.3 Å². The van der Waals surface area contributed by atoms with Gasteiger partial charge in [0, 0.05) is 18.1 Å². The monoisotopic (exact) mass is 286 g/mol. The molecule has 1 atom stereocenters. The minimum absolute atomic E-state index is 0.400. The zero-order chi connectivity index (χ0) is 12.0. The number of amides is 1. The molecule has 0 saturated heterocycles. The van der Waals surface area contributed by atoms with Crippen LogP contribution in [0.15, 0.2) is 28.7 Å². The van der Waals surface area contributed by atoms with Gasteiger partial charge in [-0.3, -0.25) is 10.1 Å². The summed E-state index contributed by atoms with van der Waals surface area (Å²) in [4.78, 5) is 11.3. The Kier molecular flexibility index (Phi) is 5.45. The van der Waals surface area contributed by atoms with Gasteiger partial charge in [0.1, 0.15) is 6.04 Å². The molecule has 5 heteroatoms. The van der Waals surface area contributed by atoms with Crippen molar-refractivity contribution in [3.05, 3.63) is 34.3 Å². The summed E-state index contributed by atoms with van der Waals surface area (Å²) in [5.74, 6) is -0.400. The Hall–Kier alpha value is -0.910. The lowest BCUT2D eigenvalue weighted by Gasteiger charge is -2.16. The van der Waals surface area contributed by atoms with E-state index in [0.717, 1.165) is 10.0 Å². The third-order valence-electron chi connectivity index (χ3n) is 2.16. The maximum atomic E-state index is 11.3. The molecule has 0 radical (unpaired) electrons. The SMILES string of the molecule is COCCNC(C(N)=O)c1ccccc1Br. The fourth-order valence-electron chi connectivity index (χ4n) is 1.38. The maximum Gasteiger partial charge on any atom is 0.239 e. The van der Waals surface area contributed by atoms with Crippen LogP contribution in [-0.2, 0) is 9.53 Å². The standard InChI is InChI=1S/C11H15BrN2O2/c1-16-7-6-14-10(11(13)15)8-4-2-3-5-9(8)12/h2-5,10,14H,6-7H2,1H3,(H2,13,15). The smallest absolute Gasteiger partial charge is 0.239 e. The molecular formula is C11H15BrN2O2. The number of hydrogen-bond acceptors (Lipinski definition) is 3. The number of halogens is 1. The van der Waals surface area contributed by atoms with Crippen molar-refractivity contribution in [3.8, 4) is 0 Å². The van der Waals surface area contributed by atoms with Gasteiger partial charge in [0.05, 0.1) is 6.61 Å². The lowest BCUT2D eigenvalue weighted by Crippen LogP contribution is -2.35. The van der Waals surface area contributed by atoms with E-state index in [1.165, 1.54) is 0 Å². The van der Waals surface area contributed by atoms with Crippen LogP contribution in [0.1, 0.15) is 11.6 Å². The first kappa shape index (κ1) is 13.2. The molecule has 16 heavy (non-hydrogen) atoms. The topological polar surface area (TPSA) is 64.3 Å². The summed E-state index contributed by atoms with van der Waals surface area (Å²) in [5, 5.41) is 3.05. The number of nitrogens with two attached hydrogens (primary N) is 1. The highest BCUT2D eigenvalue weighted by atomic mass is 79.9. The van der Waals surface area contributed by atoms with Crippen molar-refractivity contribution in [1.82, 2.24) is 5.32 Å². The third kappa shape index (κ3) is 3.59. The number of nitrogens with one attached hydrogen (secondary N) is 1. The van der Waals surface area contributed by atoms with Gasteiger partial charge in [-0.15, -0.1) is 0 Å². The lowest BCUT2D eigenvalue weighted by atomic mass is 10.1. The molecule has 3 N–H and O–H groups in total. The van der Waals surface area contributed by atoms with Crippen molar-refractivity contribution in [3.63, 3.8) is 0 Å². The molecule has 0 aromatic heterocycles. The van der Waals surface area contributed by atoms with Crippen LogP contribution in [0.4, 0.5) is 0 Å². The van der Waals surface area contributed by atoms with Gasteiger partial charge in [-0.2, -0.15) is 0 Å². The number of hydrogen-bond donors (Lipinski definition) is 2. The molecule has 0 aliphatic heterocycles. The Morgan fingerprint density at radius 3 is 2.81 bits per heavy atom. The quantitative estimate of drug-likeness (QED) is 0.773. The van der Waals surface area contributed by atoms with E-state index >= 15 is 0 Å². The van der Waals surface area contributed by atoms with Gasteiger partial charge < -0.3 is 10.5 Å². The number of primary amides is 1. The molecule has 0 spiro atoms. The maximum absolute atomic E-state index is 11.3. The second-order valence-electron chi connectivity index (χ2n) is 3.30. The molecular weight excluding hydrogens is 272 g/mol. The van der Waals surface area contributed by atoms with Crippen molar-refractivity contribution in [2.45, 2.75) is 6.04 Å². The highest BCUT2D eigenvalue weighted by molar-refractivity contribution is 9.10. The fraction of sp³-hybridized carbons (Fsp3) is 0.364. The summed E-state index contributed by atoms with van der Waals surface area (Å²) in [6.07, 6.45) is 0. The normalized spacial score (nSPS) is 12.4. The van der Waals surface area contributed by atoms with Crippen molar-refractivity contribution >= 4 is 21.8 Å². The molecule has 1 amide bonds. The molecule has 0 saturated carbocycles. The Morgan fingerprint density at radius 1 is 1.56 bits per heavy atom. The van der Waals surface area contributed by atoms with Gasteiger partial charge in [0.15, 0.2) is 0 Å². The van der Waals surface area contributed by atoms with Gasteiger partial charge in [-0.05, 0) is 11.6 Å². The predicted octanol–water partition coefficient (Wildman–Crippen LogP) is 1.21. The first-order valence-corrected chi connectivity index (χ1v) is 5.72. The molecule has 88 valence electrons. The Bertz CT molecular complexity index is 358. The average molecular weight is 287 g/mol. The number of carbonyl (C=O) groups excluding carboxylic acids is 1. The molecule has 0 fully saturated rings. The summed E-state index contributed by atoms with van der Waals surface area (Å²) < 4.78 is 5.78. The zero-order valence-corrected chi connectivity index (χ0v) is 10.7. The third-order valence-corrected chi connectivity index (χ3v) is 2.88. The van der Waals surface area contributed by atoms with Crippen LogP contribution in [0.2, 0.25) is 0 Å². The highest BCUT2D eigenvalue weighted by Crippen LogP contribution is 2.22. The number of ether oxygens (including phenoxy) is 1. The fourth-order valence-corrected chi connectivity index (χ4v) is 1.89. The van der Waals surface area contributed by atoms with Crippen molar-refractivity contribution in [1.29, 1.82) is 0 Å². The molecule has 0 heterocycles. The molecule has 0 aliphatic carbocycles. The summed E-state index contributed by atoms with van der Waals surface area (Å²) in [6, 6.07) is 7.00. The van der Waals surface area contributed by atoms with Crippen LogP contribution in [0.3, 0.4) is 0 Å². The summed E-state index contributed by atoms with van der Waals surface area (Å²) in [7, 11) is 1.61. The van der Waals surface area contributed by atoms with E-state index in [1.807, 2.05) is 24.3 Å². The van der Waals surface area contributed by atoms with Gasteiger partial charge >= 0.3 is 0 Å². The highest BCUT2D eigenvalue weighted by Gasteiger charge is 2.18. The zero-order valence-electron chi connectivity index (χ0n) is 9.07. The minimum atomic E-state index is -0.495. The van der Waals surface area contributed by atoms with E-state index in [0.29, 0.717) is 13.2 Å². The molecule has 1 rings (SSSR count). The van der Waals surface area contributed by atoms with E-state index in [-0.39, 0.29) is 0 Å². The van der Waals surface area contributed by atoms with Crippen molar-refractivity contribution < 1.29 is 9.53 Å². The van der Waals surface area contributed by atoms with Crippen LogP contribution in [-0.4, -0.2) is 26.2 Å². The molecule has 0 bridgehead atoms. The number of benzene rings is 1. The summed E-state index contributed by atoms with van der Waals surface area (Å²) in [5.41, 5.74) is 6.20. The predicted molar refractivity (Wildman–Crippen MR) is 66.0 cm³/mol. The van der Waals surface area contributed by atoms with Gasteiger partial charge in [-0.1, -0.05) is 34.1 Å². The lowest BCUT2D eigenvalue weighted by molar-refractivity contribution is -0.120. The molecule has 1 aromatic rings. The van der Waals surface area contributed by atoms with E-state index in [2.05, 4.69) is 21.2 Å². The van der Waals surface area contributed by atoms with Crippen molar-refractivity contribution in [2.24, 2.45) is 5.73 Å². The number of carbonyl (C=O) groups is 1. The Labute approximate surface area is 103 Å². The first-order valence-electron chi connectivity index (χ1n) is 4.93. The van der Waals surface area contributed by atoms with Crippen LogP contribution in [0, 0.1) is 0 Å². The molecule has 4 nitrogen and oxygen atoms in total. The second kappa shape index (κ2) is 6.62. The van der Waals surface area contributed by atoms with Gasteiger partial charge in [-0.25, -0.2) is 0 Å². The molecule has 0 aliphatic rings. The summed E-state index contributed by atoms with van der Waals surface area (Å²) >= 11 is 3.40. The first-order chi connectivity index (χ1) is 7.66. The van der Waals surface area contributed by atoms with Crippen LogP contribution in [0.5, 0.6) is 0 Å². The van der Waals surface area contributed by atoms with Crippen LogP contribution in [0.25, 0.3) is 0 Å². The van der Waals surface area contributed by atoms with E-state index in [1.54, 1.807) is 7.11 Å². The van der Waals surface area contributed by atoms with Gasteiger partial charge in [0.25, 0.3) is 0 Å². The summed E-state index contributed by atoms with van der Waals surface area (Å²) in [6.45, 7) is 1.11. The molecule has 1 unspecified atom stereocenters. The minimum Gasteiger partial charge on any atom is -0.383 e. The Balaban J connectivity index is 2.78. The number of rotatable bonds is 6. The Morgan fingerprint density at radius 2 is 2.25 bits per heavy atom. The van der Waals surface area contributed by atoms with Crippen LogP contribution >= 0.6 is 15.9 Å². The van der Waals surface area contributed by atoms with Gasteiger partial charge in [0.2, 0.25) is 5.91 Å².